The second-order valence-corrected chi connectivity index (χ2v) is 4.41. The molecule has 0 bridgehead atoms. The van der Waals surface area contributed by atoms with Gasteiger partial charge in [-0.25, -0.2) is 0 Å². The average Bonchev–Trinajstić information content (AvgIpc) is 2.54. The Morgan fingerprint density at radius 2 is 1.14 bits per heavy atom. The van der Waals surface area contributed by atoms with Crippen LogP contribution in [0.5, 0.6) is 11.5 Å². The summed E-state index contributed by atoms with van der Waals surface area (Å²) in [7, 11) is 3.13. The Balaban J connectivity index is 2.18. The molecule has 0 heterocycles. The van der Waals surface area contributed by atoms with Crippen LogP contribution in [0.4, 0.5) is 11.4 Å². The molecular weight excluding hydrogens is 276 g/mol. The van der Waals surface area contributed by atoms with Gasteiger partial charge in [0.15, 0.2) is 0 Å². The van der Waals surface area contributed by atoms with Gasteiger partial charge in [-0.1, -0.05) is 11.8 Å². The molecule has 0 atom stereocenters. The van der Waals surface area contributed by atoms with E-state index in [1.807, 2.05) is 12.1 Å². The first-order valence-electron chi connectivity index (χ1n) is 6.53. The van der Waals surface area contributed by atoms with E-state index in [0.29, 0.717) is 22.9 Å². The zero-order valence-corrected chi connectivity index (χ0v) is 12.4. The van der Waals surface area contributed by atoms with Gasteiger partial charge in [0, 0.05) is 11.1 Å². The van der Waals surface area contributed by atoms with Gasteiger partial charge in [-0.3, -0.25) is 0 Å². The number of rotatable bonds is 2. The third-order valence-electron chi connectivity index (χ3n) is 2.94. The third-order valence-corrected chi connectivity index (χ3v) is 2.94. The summed E-state index contributed by atoms with van der Waals surface area (Å²) in [5.41, 5.74) is 14.2. The quantitative estimate of drug-likeness (QED) is 0.658. The molecule has 0 amide bonds. The monoisotopic (exact) mass is 292 g/mol. The van der Waals surface area contributed by atoms with Crippen molar-refractivity contribution in [2.24, 2.45) is 0 Å². The Bertz CT molecular complexity index is 736. The normalized spacial score (nSPS) is 9.00. The zero-order chi connectivity index (χ0) is 15.9. The van der Waals surface area contributed by atoms with Crippen LogP contribution in [0.15, 0.2) is 36.4 Å². The first-order valence-corrected chi connectivity index (χ1v) is 6.53. The van der Waals surface area contributed by atoms with Crippen LogP contribution in [0.2, 0.25) is 0 Å². The molecule has 0 saturated heterocycles. The lowest BCUT2D eigenvalue weighted by molar-refractivity contribution is 0.417. The molecular formula is C18H16N2O2. The van der Waals surface area contributed by atoms with Crippen molar-refractivity contribution in [3.8, 4) is 35.2 Å². The molecule has 2 rings (SSSR count). The Hall–Kier alpha value is -3.24. The Kier molecular flexibility index (Phi) is 4.80. The standard InChI is InChI=1S/C18H16N2O2/c1-21-17-11-13(7-9-15(17)19)5-3-4-6-14-8-10-16(20)18(12-14)22-2/h7-12H,19-20H2,1-2H3. The number of benzene rings is 2. The van der Waals surface area contributed by atoms with Crippen LogP contribution >= 0.6 is 0 Å². The summed E-state index contributed by atoms with van der Waals surface area (Å²) in [6.45, 7) is 0. The van der Waals surface area contributed by atoms with Gasteiger partial charge in [0.05, 0.1) is 25.6 Å². The fourth-order valence-corrected chi connectivity index (χ4v) is 1.78. The fourth-order valence-electron chi connectivity index (χ4n) is 1.78. The van der Waals surface area contributed by atoms with Gasteiger partial charge in [0.1, 0.15) is 11.5 Å². The topological polar surface area (TPSA) is 70.5 Å². The molecule has 2 aromatic carbocycles. The largest absolute Gasteiger partial charge is 0.495 e. The predicted molar refractivity (Wildman–Crippen MR) is 88.6 cm³/mol. The Morgan fingerprint density at radius 3 is 1.50 bits per heavy atom. The first kappa shape index (κ1) is 15.2. The molecule has 22 heavy (non-hydrogen) atoms. The number of nitrogens with two attached hydrogens (primary N) is 2. The second kappa shape index (κ2) is 6.97. The number of ether oxygens (including phenoxy) is 2. The van der Waals surface area contributed by atoms with Crippen molar-refractivity contribution >= 4 is 11.4 Å². The van der Waals surface area contributed by atoms with Crippen LogP contribution in [0.1, 0.15) is 11.1 Å². The van der Waals surface area contributed by atoms with Crippen molar-refractivity contribution < 1.29 is 9.47 Å². The van der Waals surface area contributed by atoms with Gasteiger partial charge in [-0.2, -0.15) is 0 Å². The summed E-state index contributed by atoms with van der Waals surface area (Å²) in [6.07, 6.45) is 0. The number of hydrogen-bond acceptors (Lipinski definition) is 4. The van der Waals surface area contributed by atoms with Crippen LogP contribution in [0.25, 0.3) is 0 Å². The number of hydrogen-bond donors (Lipinski definition) is 2. The van der Waals surface area contributed by atoms with Crippen molar-refractivity contribution in [3.05, 3.63) is 47.5 Å². The highest BCUT2D eigenvalue weighted by Gasteiger charge is 1.99. The van der Waals surface area contributed by atoms with E-state index in [2.05, 4.69) is 23.7 Å². The smallest absolute Gasteiger partial charge is 0.142 e. The summed E-state index contributed by atoms with van der Waals surface area (Å²) in [6, 6.07) is 10.7. The molecule has 2 aromatic rings. The summed E-state index contributed by atoms with van der Waals surface area (Å²) < 4.78 is 10.3. The second-order valence-electron chi connectivity index (χ2n) is 4.41. The molecule has 0 aliphatic rings. The van der Waals surface area contributed by atoms with Crippen molar-refractivity contribution in [2.45, 2.75) is 0 Å². The molecule has 4 N–H and O–H groups in total. The molecule has 0 aliphatic heterocycles. The molecule has 0 unspecified atom stereocenters. The maximum atomic E-state index is 5.75. The van der Waals surface area contributed by atoms with Crippen molar-refractivity contribution in [2.75, 3.05) is 25.7 Å². The fraction of sp³-hybridized carbons (Fsp3) is 0.111. The molecule has 110 valence electrons. The third kappa shape index (κ3) is 3.65. The molecule has 0 aliphatic carbocycles. The molecule has 0 saturated carbocycles. The van der Waals surface area contributed by atoms with Crippen LogP contribution < -0.4 is 20.9 Å². The highest BCUT2D eigenvalue weighted by Crippen LogP contribution is 2.22. The first-order chi connectivity index (χ1) is 10.6. The van der Waals surface area contributed by atoms with Crippen molar-refractivity contribution in [3.63, 3.8) is 0 Å². The van der Waals surface area contributed by atoms with Gasteiger partial charge >= 0.3 is 0 Å². The summed E-state index contributed by atoms with van der Waals surface area (Å²) in [4.78, 5) is 0. The Labute approximate surface area is 130 Å². The molecule has 0 fully saturated rings. The van der Waals surface area contributed by atoms with Crippen molar-refractivity contribution in [1.82, 2.24) is 0 Å². The van der Waals surface area contributed by atoms with E-state index in [1.54, 1.807) is 38.5 Å². The van der Waals surface area contributed by atoms with Crippen LogP contribution in [0, 0.1) is 23.7 Å². The summed E-state index contributed by atoms with van der Waals surface area (Å²) in [5, 5.41) is 0. The van der Waals surface area contributed by atoms with E-state index in [4.69, 9.17) is 20.9 Å². The summed E-state index contributed by atoms with van der Waals surface area (Å²) >= 11 is 0. The van der Waals surface area contributed by atoms with E-state index < -0.39 is 0 Å². The van der Waals surface area contributed by atoms with Crippen LogP contribution in [0.3, 0.4) is 0 Å². The number of nitrogen functional groups attached to an aromatic ring is 2. The predicted octanol–water partition coefficient (Wildman–Crippen LogP) is 2.27. The maximum Gasteiger partial charge on any atom is 0.142 e. The van der Waals surface area contributed by atoms with E-state index in [-0.39, 0.29) is 0 Å². The number of anilines is 2. The maximum absolute atomic E-state index is 5.75. The summed E-state index contributed by atoms with van der Waals surface area (Å²) in [5.74, 6) is 12.7. The SMILES string of the molecule is COc1cc(C#CC#Cc2ccc(N)c(OC)c2)ccc1N. The minimum atomic E-state index is 0.577. The zero-order valence-electron chi connectivity index (χ0n) is 12.4. The van der Waals surface area contributed by atoms with E-state index in [9.17, 15) is 0 Å². The van der Waals surface area contributed by atoms with E-state index in [1.165, 1.54) is 0 Å². The van der Waals surface area contributed by atoms with Gasteiger partial charge in [0.25, 0.3) is 0 Å². The van der Waals surface area contributed by atoms with Gasteiger partial charge in [0.2, 0.25) is 0 Å². The van der Waals surface area contributed by atoms with Crippen molar-refractivity contribution in [1.29, 1.82) is 0 Å². The van der Waals surface area contributed by atoms with Crippen LogP contribution in [-0.2, 0) is 0 Å². The molecule has 4 nitrogen and oxygen atoms in total. The minimum absolute atomic E-state index is 0.577. The van der Waals surface area contributed by atoms with Gasteiger partial charge < -0.3 is 20.9 Å². The molecule has 4 heteroatoms. The molecule has 0 spiro atoms. The highest BCUT2D eigenvalue weighted by molar-refractivity contribution is 5.59. The highest BCUT2D eigenvalue weighted by atomic mass is 16.5. The Morgan fingerprint density at radius 1 is 0.727 bits per heavy atom. The molecule has 0 aromatic heterocycles. The van der Waals surface area contributed by atoms with Crippen LogP contribution in [-0.4, -0.2) is 14.2 Å². The lowest BCUT2D eigenvalue weighted by Crippen LogP contribution is -1.92. The van der Waals surface area contributed by atoms with Gasteiger partial charge in [-0.05, 0) is 48.2 Å². The van der Waals surface area contributed by atoms with E-state index >= 15 is 0 Å². The van der Waals surface area contributed by atoms with Gasteiger partial charge in [-0.15, -0.1) is 0 Å². The lowest BCUT2D eigenvalue weighted by Gasteiger charge is -2.03. The minimum Gasteiger partial charge on any atom is -0.495 e. The lowest BCUT2D eigenvalue weighted by atomic mass is 10.2. The molecule has 0 radical (unpaired) electrons. The van der Waals surface area contributed by atoms with E-state index in [0.717, 1.165) is 11.1 Å². The number of methoxy groups -OCH3 is 2. The average molecular weight is 292 g/mol.